The third kappa shape index (κ3) is 6.64. The van der Waals surface area contributed by atoms with Crippen LogP contribution in [-0.4, -0.2) is 34.5 Å². The minimum atomic E-state index is -2.64. The predicted octanol–water partition coefficient (Wildman–Crippen LogP) is 4.52. The Balaban J connectivity index is 3.05. The summed E-state index contributed by atoms with van der Waals surface area (Å²) < 4.78 is 18.1. The highest BCUT2D eigenvalue weighted by atomic mass is 28.4. The average molecular weight is 337 g/mol. The monoisotopic (exact) mass is 336 g/mol. The summed E-state index contributed by atoms with van der Waals surface area (Å²) in [5.41, 5.74) is 3.84. The maximum atomic E-state index is 6.51. The van der Waals surface area contributed by atoms with Gasteiger partial charge in [0.15, 0.2) is 0 Å². The molecule has 0 radical (unpaired) electrons. The van der Waals surface area contributed by atoms with Crippen molar-refractivity contribution in [1.29, 1.82) is 0 Å². The quantitative estimate of drug-likeness (QED) is 0.333. The Hall–Kier alpha value is -0.863. The van der Waals surface area contributed by atoms with Gasteiger partial charge in [0.25, 0.3) is 0 Å². The van der Waals surface area contributed by atoms with Gasteiger partial charge in [-0.3, -0.25) is 0 Å². The van der Waals surface area contributed by atoms with Crippen LogP contribution in [0.15, 0.2) is 25.3 Å². The van der Waals surface area contributed by atoms with Crippen LogP contribution in [0.5, 0.6) is 0 Å². The van der Waals surface area contributed by atoms with Crippen LogP contribution >= 0.6 is 0 Å². The Kier molecular flexibility index (Phi) is 9.50. The molecule has 0 spiro atoms. The third-order valence-electron chi connectivity index (χ3n) is 4.12. The highest BCUT2D eigenvalue weighted by molar-refractivity contribution is 6.77. The fourth-order valence-corrected chi connectivity index (χ4v) is 6.72. The van der Waals surface area contributed by atoms with Crippen molar-refractivity contribution in [2.24, 2.45) is 0 Å². The molecule has 0 bridgehead atoms. The Morgan fingerprint density at radius 3 is 2.04 bits per heavy atom. The number of methoxy groups -OCH3 is 1. The first-order valence-corrected chi connectivity index (χ1v) is 10.5. The second-order valence-electron chi connectivity index (χ2n) is 6.29. The van der Waals surface area contributed by atoms with Crippen molar-refractivity contribution in [3.8, 4) is 11.5 Å². The molecule has 1 aliphatic carbocycles. The van der Waals surface area contributed by atoms with Gasteiger partial charge in [-0.25, -0.2) is 0 Å². The van der Waals surface area contributed by atoms with Gasteiger partial charge in [-0.05, 0) is 39.5 Å². The van der Waals surface area contributed by atoms with Gasteiger partial charge in [0, 0.05) is 24.9 Å². The highest BCUT2D eigenvalue weighted by Crippen LogP contribution is 2.41. The van der Waals surface area contributed by atoms with E-state index in [1.807, 2.05) is 12.2 Å². The molecule has 4 heteroatoms. The van der Waals surface area contributed by atoms with Gasteiger partial charge in [-0.15, -0.1) is 13.2 Å². The molecule has 0 aromatic heterocycles. The van der Waals surface area contributed by atoms with Crippen molar-refractivity contribution in [3.05, 3.63) is 25.3 Å². The molecule has 0 aromatic rings. The summed E-state index contributed by atoms with van der Waals surface area (Å²) in [4.78, 5) is 0. The third-order valence-corrected chi connectivity index (χ3v) is 7.80. The molecule has 0 heterocycles. The molecule has 2 unspecified atom stereocenters. The standard InChI is InChI=1S/C19H32O3Si/c1-6-11-17(3)21-23(16-10-15-20-5,19-13-8-9-14-19)22-18(4)12-7-2/h6-7,17-19H,1-2,8-9,11-15H2,3-5H3. The molecule has 1 fully saturated rings. The summed E-state index contributed by atoms with van der Waals surface area (Å²) >= 11 is 0. The number of ether oxygens (including phenoxy) is 1. The maximum Gasteiger partial charge on any atom is 0.427 e. The molecule has 23 heavy (non-hydrogen) atoms. The van der Waals surface area contributed by atoms with E-state index in [0.29, 0.717) is 12.1 Å². The van der Waals surface area contributed by atoms with Crippen LogP contribution in [0.25, 0.3) is 0 Å². The Bertz CT molecular complexity index is 400. The molecule has 0 N–H and O–H groups in total. The van der Waals surface area contributed by atoms with Crippen LogP contribution < -0.4 is 0 Å². The summed E-state index contributed by atoms with van der Waals surface area (Å²) in [5.74, 6) is 3.14. The summed E-state index contributed by atoms with van der Waals surface area (Å²) in [6.07, 6.45) is 10.3. The second-order valence-corrected chi connectivity index (χ2v) is 9.16. The summed E-state index contributed by atoms with van der Waals surface area (Å²) in [7, 11) is -0.974. The summed E-state index contributed by atoms with van der Waals surface area (Å²) in [6, 6.07) is 0. The Morgan fingerprint density at radius 1 is 1.09 bits per heavy atom. The van der Waals surface area contributed by atoms with E-state index in [1.54, 1.807) is 7.11 Å². The van der Waals surface area contributed by atoms with E-state index in [2.05, 4.69) is 38.5 Å². The van der Waals surface area contributed by atoms with Crippen LogP contribution in [0, 0.1) is 11.5 Å². The van der Waals surface area contributed by atoms with Gasteiger partial charge in [-0.1, -0.05) is 36.5 Å². The van der Waals surface area contributed by atoms with Crippen LogP contribution in [-0.2, 0) is 13.6 Å². The van der Waals surface area contributed by atoms with Gasteiger partial charge in [0.05, 0.1) is 0 Å². The molecular weight excluding hydrogens is 304 g/mol. The molecule has 1 aliphatic rings. The lowest BCUT2D eigenvalue weighted by Gasteiger charge is -2.35. The molecule has 0 aliphatic heterocycles. The molecule has 2 atom stereocenters. The van der Waals surface area contributed by atoms with E-state index in [9.17, 15) is 0 Å². The molecule has 0 aromatic carbocycles. The molecule has 130 valence electrons. The number of hydrogen-bond donors (Lipinski definition) is 0. The number of hydrogen-bond acceptors (Lipinski definition) is 3. The van der Waals surface area contributed by atoms with E-state index < -0.39 is 8.56 Å². The molecule has 0 amide bonds. The first-order chi connectivity index (χ1) is 11.1. The summed E-state index contributed by atoms with van der Waals surface area (Å²) in [6.45, 7) is 12.2. The van der Waals surface area contributed by atoms with Gasteiger partial charge in [0.2, 0.25) is 0 Å². The van der Waals surface area contributed by atoms with Gasteiger partial charge < -0.3 is 13.6 Å². The number of rotatable bonds is 10. The highest BCUT2D eigenvalue weighted by Gasteiger charge is 2.48. The lowest BCUT2D eigenvalue weighted by molar-refractivity contribution is 0.0956. The lowest BCUT2D eigenvalue weighted by Crippen LogP contribution is -2.49. The SMILES string of the molecule is C=CCC(C)O[Si](C#CCOC)(OC(C)CC=C)C1CCCC1. The van der Waals surface area contributed by atoms with E-state index in [-0.39, 0.29) is 12.2 Å². The zero-order valence-electron chi connectivity index (χ0n) is 15.0. The molecule has 3 nitrogen and oxygen atoms in total. The van der Waals surface area contributed by atoms with Crippen molar-refractivity contribution in [3.63, 3.8) is 0 Å². The maximum absolute atomic E-state index is 6.51. The smallest absolute Gasteiger partial charge is 0.382 e. The van der Waals surface area contributed by atoms with E-state index in [4.69, 9.17) is 13.6 Å². The molecule has 1 rings (SSSR count). The average Bonchev–Trinajstić information content (AvgIpc) is 3.02. The van der Waals surface area contributed by atoms with Gasteiger partial charge >= 0.3 is 8.56 Å². The lowest BCUT2D eigenvalue weighted by atomic mass is 10.3. The van der Waals surface area contributed by atoms with E-state index in [1.165, 1.54) is 12.8 Å². The second kappa shape index (κ2) is 10.8. The van der Waals surface area contributed by atoms with Crippen molar-refractivity contribution in [1.82, 2.24) is 0 Å². The van der Waals surface area contributed by atoms with Gasteiger partial charge in [-0.2, -0.15) is 0 Å². The van der Waals surface area contributed by atoms with Crippen LogP contribution in [0.3, 0.4) is 0 Å². The minimum Gasteiger partial charge on any atom is -0.382 e. The Labute approximate surface area is 143 Å². The first kappa shape index (κ1) is 20.2. The fraction of sp³-hybridized carbons (Fsp3) is 0.684. The van der Waals surface area contributed by atoms with E-state index >= 15 is 0 Å². The van der Waals surface area contributed by atoms with Crippen molar-refractivity contribution < 1.29 is 13.6 Å². The van der Waals surface area contributed by atoms with Crippen molar-refractivity contribution in [2.75, 3.05) is 13.7 Å². The first-order valence-electron chi connectivity index (χ1n) is 8.64. The van der Waals surface area contributed by atoms with Crippen molar-refractivity contribution in [2.45, 2.75) is 70.1 Å². The molecule has 0 saturated heterocycles. The van der Waals surface area contributed by atoms with E-state index in [0.717, 1.165) is 25.7 Å². The fourth-order valence-electron chi connectivity index (χ4n) is 3.08. The van der Waals surface area contributed by atoms with Crippen LogP contribution in [0.4, 0.5) is 0 Å². The normalized spacial score (nSPS) is 20.1. The van der Waals surface area contributed by atoms with Gasteiger partial charge in [0.1, 0.15) is 6.61 Å². The predicted molar refractivity (Wildman–Crippen MR) is 98.3 cm³/mol. The zero-order chi connectivity index (χ0) is 17.1. The molecular formula is C19H32O3Si. The zero-order valence-corrected chi connectivity index (χ0v) is 16.0. The van der Waals surface area contributed by atoms with Crippen LogP contribution in [0.1, 0.15) is 52.4 Å². The molecule has 1 saturated carbocycles. The largest absolute Gasteiger partial charge is 0.427 e. The minimum absolute atomic E-state index is 0.0764. The Morgan fingerprint density at radius 2 is 1.61 bits per heavy atom. The topological polar surface area (TPSA) is 27.7 Å². The summed E-state index contributed by atoms with van der Waals surface area (Å²) in [5, 5.41) is 0. The van der Waals surface area contributed by atoms with Crippen LogP contribution in [0.2, 0.25) is 5.54 Å². The van der Waals surface area contributed by atoms with Crippen molar-refractivity contribution >= 4 is 8.56 Å².